The number of hydrogen-bond donors (Lipinski definition) is 1. The summed E-state index contributed by atoms with van der Waals surface area (Å²) >= 11 is 0. The SMILES string of the molecule is N#CNC1=NCC2(CN1Cc1ccccn1)OCCO2. The fraction of sp³-hybridized carbons (Fsp3) is 0.462. The average Bonchev–Trinajstić information content (AvgIpc) is 2.92. The van der Waals surface area contributed by atoms with Gasteiger partial charge in [-0.25, -0.2) is 4.99 Å². The van der Waals surface area contributed by atoms with Gasteiger partial charge in [0, 0.05) is 6.20 Å². The molecule has 20 heavy (non-hydrogen) atoms. The smallest absolute Gasteiger partial charge is 0.208 e. The lowest BCUT2D eigenvalue weighted by atomic mass is 10.2. The Kier molecular flexibility index (Phi) is 3.50. The third-order valence-corrected chi connectivity index (χ3v) is 3.26. The topological polar surface area (TPSA) is 82.8 Å². The zero-order valence-corrected chi connectivity index (χ0v) is 11.0. The van der Waals surface area contributed by atoms with E-state index >= 15 is 0 Å². The lowest BCUT2D eigenvalue weighted by Gasteiger charge is -2.37. The lowest BCUT2D eigenvalue weighted by Crippen LogP contribution is -2.55. The highest BCUT2D eigenvalue weighted by Crippen LogP contribution is 2.25. The van der Waals surface area contributed by atoms with Gasteiger partial charge in [0.25, 0.3) is 0 Å². The van der Waals surface area contributed by atoms with Gasteiger partial charge in [-0.2, -0.15) is 5.26 Å². The highest BCUT2D eigenvalue weighted by atomic mass is 16.7. The van der Waals surface area contributed by atoms with Crippen molar-refractivity contribution in [3.63, 3.8) is 0 Å². The summed E-state index contributed by atoms with van der Waals surface area (Å²) in [5, 5.41) is 11.4. The molecule has 0 aliphatic carbocycles. The number of guanidine groups is 1. The van der Waals surface area contributed by atoms with Crippen LogP contribution in [0.3, 0.4) is 0 Å². The largest absolute Gasteiger partial charge is 0.344 e. The van der Waals surface area contributed by atoms with Crippen LogP contribution in [0.2, 0.25) is 0 Å². The molecule has 1 fully saturated rings. The molecule has 3 heterocycles. The first-order chi connectivity index (χ1) is 9.81. The monoisotopic (exact) mass is 273 g/mol. The third kappa shape index (κ3) is 2.57. The van der Waals surface area contributed by atoms with Gasteiger partial charge in [0.05, 0.1) is 38.5 Å². The summed E-state index contributed by atoms with van der Waals surface area (Å²) in [7, 11) is 0. The zero-order chi connectivity index (χ0) is 13.8. The highest BCUT2D eigenvalue weighted by molar-refractivity contribution is 5.82. The molecular formula is C13H15N5O2. The number of nitrogens with one attached hydrogen (secondary N) is 1. The van der Waals surface area contributed by atoms with Gasteiger partial charge in [0.15, 0.2) is 6.19 Å². The number of pyridine rings is 1. The lowest BCUT2D eigenvalue weighted by molar-refractivity contribution is -0.161. The van der Waals surface area contributed by atoms with Crippen LogP contribution < -0.4 is 5.32 Å². The molecule has 2 aliphatic rings. The van der Waals surface area contributed by atoms with E-state index in [0.29, 0.717) is 38.8 Å². The third-order valence-electron chi connectivity index (χ3n) is 3.26. The molecule has 0 unspecified atom stereocenters. The van der Waals surface area contributed by atoms with Gasteiger partial charge in [-0.1, -0.05) is 6.07 Å². The molecule has 1 saturated heterocycles. The zero-order valence-electron chi connectivity index (χ0n) is 11.0. The van der Waals surface area contributed by atoms with Crippen LogP contribution in [0.4, 0.5) is 0 Å². The molecule has 104 valence electrons. The summed E-state index contributed by atoms with van der Waals surface area (Å²) in [6, 6.07) is 5.73. The predicted octanol–water partition coefficient (Wildman–Crippen LogP) is 0.0670. The van der Waals surface area contributed by atoms with Crippen molar-refractivity contribution in [2.24, 2.45) is 4.99 Å². The molecule has 0 atom stereocenters. The van der Waals surface area contributed by atoms with Gasteiger partial charge < -0.3 is 14.4 Å². The normalized spacial score (nSPS) is 20.6. The standard InChI is InChI=1S/C13H15N5O2/c14-10-17-12-16-8-13(19-5-6-20-13)9-18(12)7-11-3-1-2-4-15-11/h1-4H,5-9H2,(H,16,17). The highest BCUT2D eigenvalue weighted by Gasteiger charge is 2.42. The van der Waals surface area contributed by atoms with Crippen LogP contribution in [-0.2, 0) is 16.0 Å². The van der Waals surface area contributed by atoms with Crippen molar-refractivity contribution < 1.29 is 9.47 Å². The molecule has 7 nitrogen and oxygen atoms in total. The summed E-state index contributed by atoms with van der Waals surface area (Å²) in [5.41, 5.74) is 0.898. The minimum atomic E-state index is -0.685. The fourth-order valence-corrected chi connectivity index (χ4v) is 2.38. The minimum Gasteiger partial charge on any atom is -0.344 e. The molecule has 0 saturated carbocycles. The molecule has 1 aromatic heterocycles. The maximum absolute atomic E-state index is 8.81. The maximum atomic E-state index is 8.81. The molecule has 3 rings (SSSR count). The van der Waals surface area contributed by atoms with E-state index in [1.54, 1.807) is 6.20 Å². The Hall–Kier alpha value is -2.17. The molecule has 2 aliphatic heterocycles. The Balaban J connectivity index is 1.79. The van der Waals surface area contributed by atoms with Gasteiger partial charge in [0.1, 0.15) is 0 Å². The number of rotatable bonds is 2. The molecule has 0 amide bonds. The Labute approximate surface area is 116 Å². The molecule has 0 aromatic carbocycles. The fourth-order valence-electron chi connectivity index (χ4n) is 2.38. The first-order valence-corrected chi connectivity index (χ1v) is 6.44. The van der Waals surface area contributed by atoms with Gasteiger partial charge >= 0.3 is 0 Å². The van der Waals surface area contributed by atoms with Crippen molar-refractivity contribution in [3.8, 4) is 6.19 Å². The van der Waals surface area contributed by atoms with E-state index in [1.807, 2.05) is 29.3 Å². The van der Waals surface area contributed by atoms with E-state index in [2.05, 4.69) is 15.3 Å². The number of ether oxygens (including phenoxy) is 2. The summed E-state index contributed by atoms with van der Waals surface area (Å²) in [6.45, 7) is 2.62. The van der Waals surface area contributed by atoms with Gasteiger partial charge in [-0.3, -0.25) is 10.3 Å². The first kappa shape index (κ1) is 12.8. The van der Waals surface area contributed by atoms with Crippen molar-refractivity contribution in [1.29, 1.82) is 5.26 Å². The van der Waals surface area contributed by atoms with Crippen molar-refractivity contribution >= 4 is 5.96 Å². The van der Waals surface area contributed by atoms with Crippen LogP contribution in [0.25, 0.3) is 0 Å². The number of aromatic nitrogens is 1. The summed E-state index contributed by atoms with van der Waals surface area (Å²) in [5.74, 6) is -0.155. The number of nitrogens with zero attached hydrogens (tertiary/aromatic N) is 4. The van der Waals surface area contributed by atoms with Crippen molar-refractivity contribution in [1.82, 2.24) is 15.2 Å². The van der Waals surface area contributed by atoms with E-state index < -0.39 is 5.79 Å². The second-order valence-corrected chi connectivity index (χ2v) is 4.66. The number of aliphatic imine (C=N–C) groups is 1. The summed E-state index contributed by atoms with van der Waals surface area (Å²) in [6.07, 6.45) is 3.65. The molecule has 1 aromatic rings. The van der Waals surface area contributed by atoms with Crippen molar-refractivity contribution in [3.05, 3.63) is 30.1 Å². The second-order valence-electron chi connectivity index (χ2n) is 4.66. The number of hydrogen-bond acceptors (Lipinski definition) is 7. The van der Waals surface area contributed by atoms with E-state index in [0.717, 1.165) is 5.69 Å². The molecule has 0 bridgehead atoms. The molecule has 1 spiro atoms. The summed E-state index contributed by atoms with van der Waals surface area (Å²) < 4.78 is 11.3. The van der Waals surface area contributed by atoms with Gasteiger partial charge in [-0.15, -0.1) is 0 Å². The quantitative estimate of drug-likeness (QED) is 0.606. The van der Waals surface area contributed by atoms with Crippen LogP contribution in [0, 0.1) is 11.5 Å². The Bertz CT molecular complexity index is 533. The van der Waals surface area contributed by atoms with Gasteiger partial charge in [0.2, 0.25) is 11.7 Å². The van der Waals surface area contributed by atoms with Crippen LogP contribution in [0.15, 0.2) is 29.4 Å². The Morgan fingerprint density at radius 1 is 1.40 bits per heavy atom. The Morgan fingerprint density at radius 3 is 2.95 bits per heavy atom. The van der Waals surface area contributed by atoms with Crippen molar-refractivity contribution in [2.75, 3.05) is 26.3 Å². The first-order valence-electron chi connectivity index (χ1n) is 6.44. The average molecular weight is 273 g/mol. The van der Waals surface area contributed by atoms with Crippen LogP contribution >= 0.6 is 0 Å². The second kappa shape index (κ2) is 5.45. The van der Waals surface area contributed by atoms with Crippen molar-refractivity contribution in [2.45, 2.75) is 12.3 Å². The van der Waals surface area contributed by atoms with E-state index in [9.17, 15) is 0 Å². The van der Waals surface area contributed by atoms with Crippen LogP contribution in [0.5, 0.6) is 0 Å². The summed E-state index contributed by atoms with van der Waals surface area (Å²) in [4.78, 5) is 10.6. The van der Waals surface area contributed by atoms with Crippen LogP contribution in [-0.4, -0.2) is 47.9 Å². The molecule has 0 radical (unpaired) electrons. The minimum absolute atomic E-state index is 0.399. The predicted molar refractivity (Wildman–Crippen MR) is 70.3 cm³/mol. The van der Waals surface area contributed by atoms with E-state index in [1.165, 1.54) is 0 Å². The maximum Gasteiger partial charge on any atom is 0.208 e. The van der Waals surface area contributed by atoms with Gasteiger partial charge in [-0.05, 0) is 12.1 Å². The number of nitriles is 1. The molecule has 1 N–H and O–H groups in total. The van der Waals surface area contributed by atoms with E-state index in [-0.39, 0.29) is 0 Å². The molecular weight excluding hydrogens is 258 g/mol. The van der Waals surface area contributed by atoms with Crippen LogP contribution in [0.1, 0.15) is 5.69 Å². The molecule has 7 heteroatoms. The Morgan fingerprint density at radius 2 is 2.25 bits per heavy atom. The van der Waals surface area contributed by atoms with E-state index in [4.69, 9.17) is 14.7 Å².